The van der Waals surface area contributed by atoms with Gasteiger partial charge in [-0.15, -0.1) is 0 Å². The SMILES string of the molecule is COCc1nc(-c2ccnc(C)n2)[nH]c(=O)c1Br. The second-order valence-electron chi connectivity index (χ2n) is 3.60. The van der Waals surface area contributed by atoms with E-state index in [-0.39, 0.29) is 12.2 Å². The van der Waals surface area contributed by atoms with Gasteiger partial charge in [-0.25, -0.2) is 15.0 Å². The van der Waals surface area contributed by atoms with Gasteiger partial charge in [0.05, 0.1) is 12.3 Å². The van der Waals surface area contributed by atoms with Gasteiger partial charge in [-0.1, -0.05) is 0 Å². The minimum atomic E-state index is -0.261. The number of aromatic nitrogens is 4. The summed E-state index contributed by atoms with van der Waals surface area (Å²) in [5.41, 5.74) is 0.847. The minimum absolute atomic E-state index is 0.252. The fourth-order valence-electron chi connectivity index (χ4n) is 1.45. The fourth-order valence-corrected chi connectivity index (χ4v) is 1.75. The summed E-state index contributed by atoms with van der Waals surface area (Å²) in [5.74, 6) is 1.02. The molecule has 0 atom stereocenters. The number of methoxy groups -OCH3 is 1. The fraction of sp³-hybridized carbons (Fsp3) is 0.273. The summed E-state index contributed by atoms with van der Waals surface area (Å²) in [6.45, 7) is 2.03. The van der Waals surface area contributed by atoms with Crippen molar-refractivity contribution in [3.8, 4) is 11.5 Å². The molecule has 0 bridgehead atoms. The van der Waals surface area contributed by atoms with Crippen molar-refractivity contribution < 1.29 is 4.74 Å². The molecule has 94 valence electrons. The van der Waals surface area contributed by atoms with E-state index in [4.69, 9.17) is 4.74 Å². The normalized spacial score (nSPS) is 10.6. The van der Waals surface area contributed by atoms with E-state index in [1.165, 1.54) is 0 Å². The Morgan fingerprint density at radius 2 is 2.22 bits per heavy atom. The highest BCUT2D eigenvalue weighted by Crippen LogP contribution is 2.15. The number of hydrogen-bond acceptors (Lipinski definition) is 5. The number of H-pyrrole nitrogens is 1. The van der Waals surface area contributed by atoms with Gasteiger partial charge in [-0.05, 0) is 28.9 Å². The number of aryl methyl sites for hydroxylation is 1. The maximum absolute atomic E-state index is 11.8. The number of nitrogens with zero attached hydrogens (tertiary/aromatic N) is 3. The van der Waals surface area contributed by atoms with Crippen LogP contribution in [-0.4, -0.2) is 27.0 Å². The maximum Gasteiger partial charge on any atom is 0.265 e. The Balaban J connectivity index is 2.55. The van der Waals surface area contributed by atoms with E-state index < -0.39 is 0 Å². The average molecular weight is 311 g/mol. The smallest absolute Gasteiger partial charge is 0.265 e. The van der Waals surface area contributed by atoms with E-state index >= 15 is 0 Å². The Morgan fingerprint density at radius 1 is 1.44 bits per heavy atom. The standard InChI is InChI=1S/C11H11BrN4O2/c1-6-13-4-3-7(14-6)10-15-8(5-18-2)9(12)11(17)16-10/h3-4H,5H2,1-2H3,(H,15,16,17). The third kappa shape index (κ3) is 2.62. The van der Waals surface area contributed by atoms with Crippen LogP contribution < -0.4 is 5.56 Å². The van der Waals surface area contributed by atoms with Crippen molar-refractivity contribution >= 4 is 15.9 Å². The highest BCUT2D eigenvalue weighted by atomic mass is 79.9. The molecule has 6 nitrogen and oxygen atoms in total. The van der Waals surface area contributed by atoms with Gasteiger partial charge < -0.3 is 9.72 Å². The molecule has 0 aromatic carbocycles. The molecule has 0 amide bonds. The number of hydrogen-bond donors (Lipinski definition) is 1. The molecule has 0 spiro atoms. The molecule has 0 saturated carbocycles. The topological polar surface area (TPSA) is 80.8 Å². The monoisotopic (exact) mass is 310 g/mol. The van der Waals surface area contributed by atoms with Crippen molar-refractivity contribution in [2.24, 2.45) is 0 Å². The average Bonchev–Trinajstić information content (AvgIpc) is 2.35. The Labute approximate surface area is 112 Å². The van der Waals surface area contributed by atoms with E-state index in [1.54, 1.807) is 26.3 Å². The first-order valence-corrected chi connectivity index (χ1v) is 5.98. The van der Waals surface area contributed by atoms with Gasteiger partial charge in [-0.3, -0.25) is 4.79 Å². The van der Waals surface area contributed by atoms with Crippen LogP contribution in [0.4, 0.5) is 0 Å². The largest absolute Gasteiger partial charge is 0.378 e. The molecule has 2 aromatic rings. The van der Waals surface area contributed by atoms with Gasteiger partial charge in [0.1, 0.15) is 16.0 Å². The second-order valence-corrected chi connectivity index (χ2v) is 4.39. The van der Waals surface area contributed by atoms with E-state index in [0.717, 1.165) is 0 Å². The Morgan fingerprint density at radius 3 is 2.89 bits per heavy atom. The van der Waals surface area contributed by atoms with Crippen molar-refractivity contribution in [1.82, 2.24) is 19.9 Å². The summed E-state index contributed by atoms with van der Waals surface area (Å²) in [6, 6.07) is 1.69. The summed E-state index contributed by atoms with van der Waals surface area (Å²) in [4.78, 5) is 26.9. The minimum Gasteiger partial charge on any atom is -0.378 e. The van der Waals surface area contributed by atoms with Gasteiger partial charge in [-0.2, -0.15) is 0 Å². The summed E-state index contributed by atoms with van der Waals surface area (Å²) >= 11 is 3.18. The zero-order valence-corrected chi connectivity index (χ0v) is 11.5. The lowest BCUT2D eigenvalue weighted by molar-refractivity contribution is 0.180. The van der Waals surface area contributed by atoms with Crippen LogP contribution in [0.15, 0.2) is 21.5 Å². The Kier molecular flexibility index (Phi) is 3.83. The molecule has 0 radical (unpaired) electrons. The molecular weight excluding hydrogens is 300 g/mol. The Hall–Kier alpha value is -1.60. The van der Waals surface area contributed by atoms with Crippen molar-refractivity contribution in [3.05, 3.63) is 38.6 Å². The van der Waals surface area contributed by atoms with Gasteiger partial charge in [0.2, 0.25) is 0 Å². The molecule has 0 saturated heterocycles. The molecule has 0 fully saturated rings. The zero-order valence-electron chi connectivity index (χ0n) is 9.90. The molecule has 2 heterocycles. The van der Waals surface area contributed by atoms with Gasteiger partial charge in [0, 0.05) is 13.3 Å². The molecule has 0 aliphatic carbocycles. The van der Waals surface area contributed by atoms with Gasteiger partial charge in [0.15, 0.2) is 5.82 Å². The van der Waals surface area contributed by atoms with Crippen molar-refractivity contribution in [2.75, 3.05) is 7.11 Å². The number of ether oxygens (including phenoxy) is 1. The number of rotatable bonds is 3. The van der Waals surface area contributed by atoms with Crippen molar-refractivity contribution in [3.63, 3.8) is 0 Å². The summed E-state index contributed by atoms with van der Waals surface area (Å²) in [6.07, 6.45) is 1.62. The van der Waals surface area contributed by atoms with Crippen LogP contribution in [0, 0.1) is 6.92 Å². The first-order valence-electron chi connectivity index (χ1n) is 5.19. The predicted octanol–water partition coefficient (Wildman–Crippen LogP) is 1.44. The van der Waals surface area contributed by atoms with Crippen LogP contribution in [0.2, 0.25) is 0 Å². The van der Waals surface area contributed by atoms with Crippen LogP contribution in [0.3, 0.4) is 0 Å². The lowest BCUT2D eigenvalue weighted by atomic mass is 10.3. The quantitative estimate of drug-likeness (QED) is 0.928. The van der Waals surface area contributed by atoms with Crippen LogP contribution in [0.25, 0.3) is 11.5 Å². The third-order valence-electron chi connectivity index (χ3n) is 2.23. The molecule has 18 heavy (non-hydrogen) atoms. The van der Waals surface area contributed by atoms with Crippen LogP contribution in [0.1, 0.15) is 11.5 Å². The van der Waals surface area contributed by atoms with E-state index in [2.05, 4.69) is 35.9 Å². The highest BCUT2D eigenvalue weighted by Gasteiger charge is 2.11. The highest BCUT2D eigenvalue weighted by molar-refractivity contribution is 9.10. The lowest BCUT2D eigenvalue weighted by Gasteiger charge is -2.05. The van der Waals surface area contributed by atoms with Crippen molar-refractivity contribution in [2.45, 2.75) is 13.5 Å². The maximum atomic E-state index is 11.8. The zero-order chi connectivity index (χ0) is 13.1. The molecule has 0 aliphatic rings. The van der Waals surface area contributed by atoms with Crippen LogP contribution in [-0.2, 0) is 11.3 Å². The number of nitrogens with one attached hydrogen (secondary N) is 1. The van der Waals surface area contributed by atoms with Crippen LogP contribution >= 0.6 is 15.9 Å². The van der Waals surface area contributed by atoms with E-state index in [1.807, 2.05) is 0 Å². The van der Waals surface area contributed by atoms with E-state index in [0.29, 0.717) is 27.5 Å². The Bertz CT molecular complexity index is 627. The third-order valence-corrected chi connectivity index (χ3v) is 3.05. The number of halogens is 1. The molecule has 1 N–H and O–H groups in total. The van der Waals surface area contributed by atoms with Gasteiger partial charge in [0.25, 0.3) is 5.56 Å². The molecular formula is C11H11BrN4O2. The van der Waals surface area contributed by atoms with Crippen molar-refractivity contribution in [1.29, 1.82) is 0 Å². The first-order chi connectivity index (χ1) is 8.61. The van der Waals surface area contributed by atoms with Gasteiger partial charge >= 0.3 is 0 Å². The molecule has 0 aliphatic heterocycles. The molecule has 0 unspecified atom stereocenters. The predicted molar refractivity (Wildman–Crippen MR) is 69.0 cm³/mol. The number of aromatic amines is 1. The van der Waals surface area contributed by atoms with E-state index in [9.17, 15) is 4.79 Å². The summed E-state index contributed by atoms with van der Waals surface area (Å²) in [7, 11) is 1.55. The van der Waals surface area contributed by atoms with Crippen LogP contribution in [0.5, 0.6) is 0 Å². The summed E-state index contributed by atoms with van der Waals surface area (Å²) in [5, 5.41) is 0. The molecule has 2 rings (SSSR count). The summed E-state index contributed by atoms with van der Waals surface area (Å²) < 4.78 is 5.37. The molecule has 2 aromatic heterocycles. The molecule has 7 heteroatoms. The lowest BCUT2D eigenvalue weighted by Crippen LogP contribution is -2.14. The first kappa shape index (κ1) is 12.8. The second kappa shape index (κ2) is 5.36.